The van der Waals surface area contributed by atoms with Gasteiger partial charge in [0.25, 0.3) is 0 Å². The van der Waals surface area contributed by atoms with Crippen LogP contribution in [0.2, 0.25) is 0 Å². The molecule has 0 unspecified atom stereocenters. The summed E-state index contributed by atoms with van der Waals surface area (Å²) in [5.74, 6) is -1.59. The Balaban J connectivity index is 1.83. The van der Waals surface area contributed by atoms with Crippen LogP contribution in [-0.2, 0) is 17.5 Å². The first kappa shape index (κ1) is 21.6. The van der Waals surface area contributed by atoms with E-state index in [2.05, 4.69) is 0 Å². The number of amides is 1. The lowest BCUT2D eigenvalue weighted by atomic mass is 9.87. The highest BCUT2D eigenvalue weighted by atomic mass is 19.4. The van der Waals surface area contributed by atoms with Gasteiger partial charge >= 0.3 is 6.18 Å². The SMILES string of the molecule is NC(=O)C[C@H](c1cccc(C(F)(F)F)c1)c1cn(Cc2ccc(F)cc2)c2ccccc12. The molecule has 0 aliphatic carbocycles. The molecular weight excluding hydrogens is 420 g/mol. The van der Waals surface area contributed by atoms with Gasteiger partial charge in [0.2, 0.25) is 5.91 Å². The van der Waals surface area contributed by atoms with Gasteiger partial charge in [0.15, 0.2) is 0 Å². The molecule has 164 valence electrons. The second kappa shape index (κ2) is 8.49. The van der Waals surface area contributed by atoms with Gasteiger partial charge in [-0.15, -0.1) is 0 Å². The number of para-hydroxylation sites is 1. The summed E-state index contributed by atoms with van der Waals surface area (Å²) in [6.45, 7) is 0.437. The summed E-state index contributed by atoms with van der Waals surface area (Å²) < 4.78 is 55.1. The zero-order chi connectivity index (χ0) is 22.9. The number of carbonyl (C=O) groups excluding carboxylic acids is 1. The molecule has 32 heavy (non-hydrogen) atoms. The highest BCUT2D eigenvalue weighted by Crippen LogP contribution is 2.37. The fraction of sp³-hybridized carbons (Fsp3) is 0.160. The fourth-order valence-corrected chi connectivity index (χ4v) is 4.01. The Kier molecular flexibility index (Phi) is 5.74. The molecular formula is C25H20F4N2O. The monoisotopic (exact) mass is 440 g/mol. The van der Waals surface area contributed by atoms with Gasteiger partial charge in [0.1, 0.15) is 5.82 Å². The standard InChI is InChI=1S/C25H20F4N2O/c26-19-10-8-16(9-11-19)14-31-15-22(20-6-1-2-7-23(20)31)21(13-24(30)32)17-4-3-5-18(12-17)25(27,28)29/h1-12,15,21H,13-14H2,(H2,30,32)/t21-/m1/s1. The van der Waals surface area contributed by atoms with Crippen LogP contribution in [0.4, 0.5) is 17.6 Å². The fourth-order valence-electron chi connectivity index (χ4n) is 4.01. The van der Waals surface area contributed by atoms with Crippen molar-refractivity contribution in [3.8, 4) is 0 Å². The van der Waals surface area contributed by atoms with Crippen LogP contribution in [-0.4, -0.2) is 10.5 Å². The first-order valence-electron chi connectivity index (χ1n) is 10.00. The molecule has 3 nitrogen and oxygen atoms in total. The molecule has 1 heterocycles. The number of benzene rings is 3. The van der Waals surface area contributed by atoms with E-state index in [1.54, 1.807) is 18.2 Å². The van der Waals surface area contributed by atoms with Crippen LogP contribution >= 0.6 is 0 Å². The maximum Gasteiger partial charge on any atom is 0.416 e. The largest absolute Gasteiger partial charge is 0.416 e. The van der Waals surface area contributed by atoms with E-state index in [4.69, 9.17) is 5.73 Å². The maximum absolute atomic E-state index is 13.3. The Morgan fingerprint density at radius 3 is 2.38 bits per heavy atom. The second-order valence-corrected chi connectivity index (χ2v) is 7.70. The van der Waals surface area contributed by atoms with Crippen LogP contribution in [0.25, 0.3) is 10.9 Å². The zero-order valence-electron chi connectivity index (χ0n) is 16.9. The number of carbonyl (C=O) groups is 1. The van der Waals surface area contributed by atoms with E-state index in [9.17, 15) is 22.4 Å². The zero-order valence-corrected chi connectivity index (χ0v) is 16.9. The molecule has 4 rings (SSSR count). The van der Waals surface area contributed by atoms with Crippen LogP contribution in [0.1, 0.15) is 34.6 Å². The first-order chi connectivity index (χ1) is 15.2. The Morgan fingerprint density at radius 2 is 1.69 bits per heavy atom. The van der Waals surface area contributed by atoms with E-state index in [0.717, 1.165) is 28.6 Å². The number of primary amides is 1. The van der Waals surface area contributed by atoms with E-state index >= 15 is 0 Å². The summed E-state index contributed by atoms with van der Waals surface area (Å²) >= 11 is 0. The van der Waals surface area contributed by atoms with E-state index in [1.165, 1.54) is 18.2 Å². The Morgan fingerprint density at radius 1 is 0.969 bits per heavy atom. The number of hydrogen-bond donors (Lipinski definition) is 1. The summed E-state index contributed by atoms with van der Waals surface area (Å²) in [7, 11) is 0. The van der Waals surface area contributed by atoms with Gasteiger partial charge in [0, 0.05) is 36.0 Å². The van der Waals surface area contributed by atoms with Gasteiger partial charge in [-0.05, 0) is 41.0 Å². The molecule has 0 radical (unpaired) electrons. The minimum atomic E-state index is -4.50. The molecule has 0 saturated heterocycles. The lowest BCUT2D eigenvalue weighted by Gasteiger charge is -2.17. The molecule has 3 aromatic carbocycles. The smallest absolute Gasteiger partial charge is 0.370 e. The summed E-state index contributed by atoms with van der Waals surface area (Å²) in [5, 5.41) is 0.818. The number of halogens is 4. The quantitative estimate of drug-likeness (QED) is 0.376. The third-order valence-corrected chi connectivity index (χ3v) is 5.48. The predicted octanol–water partition coefficient (Wildman–Crippen LogP) is 5.85. The molecule has 0 spiro atoms. The van der Waals surface area contributed by atoms with Crippen LogP contribution in [0.3, 0.4) is 0 Å². The lowest BCUT2D eigenvalue weighted by molar-refractivity contribution is -0.137. The van der Waals surface area contributed by atoms with E-state index in [0.29, 0.717) is 17.7 Å². The van der Waals surface area contributed by atoms with Gasteiger partial charge in [0.05, 0.1) is 5.56 Å². The van der Waals surface area contributed by atoms with Gasteiger partial charge in [-0.25, -0.2) is 4.39 Å². The highest BCUT2D eigenvalue weighted by molar-refractivity contribution is 5.86. The Hall–Kier alpha value is -3.61. The van der Waals surface area contributed by atoms with Crippen molar-refractivity contribution in [1.82, 2.24) is 4.57 Å². The number of hydrogen-bond acceptors (Lipinski definition) is 1. The van der Waals surface area contributed by atoms with Crippen molar-refractivity contribution < 1.29 is 22.4 Å². The van der Waals surface area contributed by atoms with Crippen LogP contribution in [0.5, 0.6) is 0 Å². The van der Waals surface area contributed by atoms with Gasteiger partial charge in [-0.2, -0.15) is 13.2 Å². The molecule has 2 N–H and O–H groups in total. The average Bonchev–Trinajstić information content (AvgIpc) is 3.11. The number of alkyl halides is 3. The van der Waals surface area contributed by atoms with E-state index < -0.39 is 23.6 Å². The van der Waals surface area contributed by atoms with Crippen molar-refractivity contribution in [2.45, 2.75) is 25.1 Å². The van der Waals surface area contributed by atoms with E-state index in [1.807, 2.05) is 35.0 Å². The number of rotatable bonds is 6. The minimum absolute atomic E-state index is 0.133. The van der Waals surface area contributed by atoms with Crippen LogP contribution in [0, 0.1) is 5.82 Å². The van der Waals surface area contributed by atoms with Crippen molar-refractivity contribution >= 4 is 16.8 Å². The second-order valence-electron chi connectivity index (χ2n) is 7.70. The third kappa shape index (κ3) is 4.51. The number of nitrogens with two attached hydrogens (primary N) is 1. The summed E-state index contributed by atoms with van der Waals surface area (Å²) in [4.78, 5) is 11.9. The van der Waals surface area contributed by atoms with Gasteiger partial charge < -0.3 is 10.3 Å². The number of nitrogens with zero attached hydrogens (tertiary/aromatic N) is 1. The average molecular weight is 440 g/mol. The topological polar surface area (TPSA) is 48.0 Å². The first-order valence-corrected chi connectivity index (χ1v) is 10.00. The van der Waals surface area contributed by atoms with Crippen molar-refractivity contribution in [2.24, 2.45) is 5.73 Å². The molecule has 1 aromatic heterocycles. The molecule has 0 bridgehead atoms. The summed E-state index contributed by atoms with van der Waals surface area (Å²) in [6, 6.07) is 18.6. The Bertz CT molecular complexity index is 1260. The molecule has 4 aromatic rings. The molecule has 1 amide bonds. The van der Waals surface area contributed by atoms with Crippen LogP contribution in [0.15, 0.2) is 79.0 Å². The molecule has 7 heteroatoms. The minimum Gasteiger partial charge on any atom is -0.370 e. The number of aromatic nitrogens is 1. The van der Waals surface area contributed by atoms with Crippen molar-refractivity contribution in [1.29, 1.82) is 0 Å². The van der Waals surface area contributed by atoms with Crippen LogP contribution < -0.4 is 5.73 Å². The highest BCUT2D eigenvalue weighted by Gasteiger charge is 2.31. The maximum atomic E-state index is 13.3. The van der Waals surface area contributed by atoms with Crippen molar-refractivity contribution in [3.63, 3.8) is 0 Å². The molecule has 0 aliphatic rings. The third-order valence-electron chi connectivity index (χ3n) is 5.48. The summed E-state index contributed by atoms with van der Waals surface area (Å²) in [5.41, 5.74) is 7.49. The number of fused-ring (bicyclic) bond motifs is 1. The Labute approximate surface area is 182 Å². The van der Waals surface area contributed by atoms with Crippen molar-refractivity contribution in [2.75, 3.05) is 0 Å². The normalized spacial score (nSPS) is 12.8. The molecule has 1 atom stereocenters. The molecule has 0 aliphatic heterocycles. The van der Waals surface area contributed by atoms with Gasteiger partial charge in [-0.1, -0.05) is 48.5 Å². The lowest BCUT2D eigenvalue weighted by Crippen LogP contribution is -2.17. The predicted molar refractivity (Wildman–Crippen MR) is 115 cm³/mol. The molecule has 0 saturated carbocycles. The molecule has 0 fully saturated rings. The van der Waals surface area contributed by atoms with Crippen molar-refractivity contribution in [3.05, 3.63) is 107 Å². The van der Waals surface area contributed by atoms with E-state index in [-0.39, 0.29) is 12.2 Å². The van der Waals surface area contributed by atoms with Gasteiger partial charge in [-0.3, -0.25) is 4.79 Å². The summed E-state index contributed by atoms with van der Waals surface area (Å²) in [6.07, 6.45) is -2.79.